The summed E-state index contributed by atoms with van der Waals surface area (Å²) in [4.78, 5) is 18.1. The molecule has 3 heterocycles. The van der Waals surface area contributed by atoms with E-state index >= 15 is 0 Å². The van der Waals surface area contributed by atoms with Gasteiger partial charge in [-0.2, -0.15) is 0 Å². The number of halogens is 1. The summed E-state index contributed by atoms with van der Waals surface area (Å²) in [7, 11) is -3.47. The maximum Gasteiger partial charge on any atom is 0.261 e. The quantitative estimate of drug-likeness (QED) is 0.722. The highest BCUT2D eigenvalue weighted by Gasteiger charge is 2.31. The maximum absolute atomic E-state index is 12.5. The predicted molar refractivity (Wildman–Crippen MR) is 101 cm³/mol. The van der Waals surface area contributed by atoms with Gasteiger partial charge in [0.25, 0.3) is 5.91 Å². The average molecular weight is 405 g/mol. The lowest BCUT2D eigenvalue weighted by Gasteiger charge is -2.16. The average Bonchev–Trinajstić information content (AvgIpc) is 3.04. The van der Waals surface area contributed by atoms with Crippen LogP contribution in [0.15, 0.2) is 53.6 Å². The van der Waals surface area contributed by atoms with Gasteiger partial charge in [0, 0.05) is 21.7 Å². The smallest absolute Gasteiger partial charge is 0.261 e. The Hall–Kier alpha value is -2.22. The molecule has 1 amide bonds. The number of fused-ring (bicyclic) bond motifs is 3. The van der Waals surface area contributed by atoms with Crippen LogP contribution in [0.2, 0.25) is 5.02 Å². The van der Waals surface area contributed by atoms with E-state index in [4.69, 9.17) is 11.6 Å². The Bertz CT molecular complexity index is 1110. The summed E-state index contributed by atoms with van der Waals surface area (Å²) in [5.74, 6) is -0.373. The number of carbonyl (C=O) groups is 1. The summed E-state index contributed by atoms with van der Waals surface area (Å²) in [5, 5.41) is 3.19. The topological polar surface area (TPSA) is 76.1 Å². The molecule has 0 unspecified atom stereocenters. The summed E-state index contributed by atoms with van der Waals surface area (Å²) >= 11 is 7.24. The van der Waals surface area contributed by atoms with E-state index in [0.29, 0.717) is 27.6 Å². The van der Waals surface area contributed by atoms with Crippen molar-refractivity contribution in [1.29, 1.82) is 0 Å². The van der Waals surface area contributed by atoms with E-state index in [1.165, 1.54) is 17.4 Å². The lowest BCUT2D eigenvalue weighted by Crippen LogP contribution is -2.22. The summed E-state index contributed by atoms with van der Waals surface area (Å²) in [6.45, 7) is 0.312. The molecule has 1 N–H and O–H groups in total. The van der Waals surface area contributed by atoms with Crippen molar-refractivity contribution < 1.29 is 13.2 Å². The number of benzene rings is 1. The van der Waals surface area contributed by atoms with Gasteiger partial charge in [-0.25, -0.2) is 8.42 Å². The highest BCUT2D eigenvalue weighted by atomic mass is 35.5. The third-order valence-electron chi connectivity index (χ3n) is 4.06. The van der Waals surface area contributed by atoms with Gasteiger partial charge >= 0.3 is 0 Å². The van der Waals surface area contributed by atoms with Gasteiger partial charge < -0.3 is 5.32 Å². The van der Waals surface area contributed by atoms with Gasteiger partial charge in [-0.3, -0.25) is 9.78 Å². The number of aromatic nitrogens is 1. The van der Waals surface area contributed by atoms with Crippen LogP contribution >= 0.6 is 22.9 Å². The van der Waals surface area contributed by atoms with Crippen LogP contribution in [-0.4, -0.2) is 19.3 Å². The van der Waals surface area contributed by atoms with Gasteiger partial charge in [-0.15, -0.1) is 11.3 Å². The standard InChI is InChI=1S/C18H13ClN2O3S2/c19-12-4-5-14-16(8-12)26(23,24)10-11-7-15(25-17(11)14)18(22)21-9-13-3-1-2-6-20-13/h1-8H,9-10H2,(H,21,22). The second kappa shape index (κ2) is 6.50. The molecule has 8 heteroatoms. The van der Waals surface area contributed by atoms with Crippen LogP contribution in [0.4, 0.5) is 0 Å². The van der Waals surface area contributed by atoms with Crippen molar-refractivity contribution in [2.24, 2.45) is 0 Å². The summed E-state index contributed by atoms with van der Waals surface area (Å²) in [5.41, 5.74) is 2.00. The zero-order chi connectivity index (χ0) is 18.3. The van der Waals surface area contributed by atoms with Crippen molar-refractivity contribution in [3.05, 3.63) is 69.8 Å². The lowest BCUT2D eigenvalue weighted by atomic mass is 10.1. The minimum absolute atomic E-state index is 0.125. The van der Waals surface area contributed by atoms with Gasteiger partial charge in [-0.1, -0.05) is 23.7 Å². The molecule has 0 saturated heterocycles. The van der Waals surface area contributed by atoms with Crippen molar-refractivity contribution in [1.82, 2.24) is 10.3 Å². The van der Waals surface area contributed by atoms with Crippen LogP contribution in [0.5, 0.6) is 0 Å². The Kier molecular flexibility index (Phi) is 4.30. The summed E-state index contributed by atoms with van der Waals surface area (Å²) in [6, 6.07) is 12.0. The van der Waals surface area contributed by atoms with E-state index in [2.05, 4.69) is 10.3 Å². The number of thiophene rings is 1. The first-order valence-corrected chi connectivity index (χ1v) is 10.6. The number of rotatable bonds is 3. The monoisotopic (exact) mass is 404 g/mol. The fourth-order valence-electron chi connectivity index (χ4n) is 2.86. The van der Waals surface area contributed by atoms with Crippen LogP contribution in [0.25, 0.3) is 10.4 Å². The first-order chi connectivity index (χ1) is 12.4. The molecule has 3 aromatic rings. The normalized spacial score (nSPS) is 14.3. The molecule has 0 fully saturated rings. The van der Waals surface area contributed by atoms with E-state index < -0.39 is 9.84 Å². The largest absolute Gasteiger partial charge is 0.346 e. The zero-order valence-electron chi connectivity index (χ0n) is 13.4. The second-order valence-electron chi connectivity index (χ2n) is 5.87. The zero-order valence-corrected chi connectivity index (χ0v) is 15.8. The van der Waals surface area contributed by atoms with Crippen LogP contribution < -0.4 is 5.32 Å². The number of carbonyl (C=O) groups excluding carboxylic acids is 1. The SMILES string of the molecule is O=C(NCc1ccccn1)c1cc2c(s1)-c1ccc(Cl)cc1S(=O)(=O)C2. The van der Waals surface area contributed by atoms with E-state index in [9.17, 15) is 13.2 Å². The number of pyridine rings is 1. The molecule has 0 radical (unpaired) electrons. The van der Waals surface area contributed by atoms with Gasteiger partial charge in [0.15, 0.2) is 9.84 Å². The molecule has 1 aliphatic heterocycles. The van der Waals surface area contributed by atoms with Crippen molar-refractivity contribution in [2.75, 3.05) is 0 Å². The summed E-state index contributed by atoms with van der Waals surface area (Å²) in [6.07, 6.45) is 1.66. The van der Waals surface area contributed by atoms with Crippen LogP contribution in [-0.2, 0) is 22.1 Å². The Morgan fingerprint density at radius 3 is 2.85 bits per heavy atom. The molecule has 4 rings (SSSR count). The van der Waals surface area contributed by atoms with Crippen molar-refractivity contribution >= 4 is 38.7 Å². The minimum Gasteiger partial charge on any atom is -0.346 e. The van der Waals surface area contributed by atoms with Crippen molar-refractivity contribution in [2.45, 2.75) is 17.2 Å². The summed E-state index contributed by atoms with van der Waals surface area (Å²) < 4.78 is 25.0. The number of amides is 1. The molecular formula is C18H13ClN2O3S2. The lowest BCUT2D eigenvalue weighted by molar-refractivity contribution is 0.0954. The van der Waals surface area contributed by atoms with E-state index in [1.54, 1.807) is 24.4 Å². The fourth-order valence-corrected chi connectivity index (χ4v) is 5.99. The molecule has 5 nitrogen and oxygen atoms in total. The third-order valence-corrected chi connectivity index (χ3v) is 7.20. The molecule has 2 aromatic heterocycles. The highest BCUT2D eigenvalue weighted by molar-refractivity contribution is 7.91. The molecule has 0 aliphatic carbocycles. The molecule has 0 atom stereocenters. The van der Waals surface area contributed by atoms with Gasteiger partial charge in [-0.05, 0) is 35.9 Å². The molecule has 0 saturated carbocycles. The molecule has 26 heavy (non-hydrogen) atoms. The van der Waals surface area contributed by atoms with Gasteiger partial charge in [0.05, 0.1) is 27.8 Å². The Morgan fingerprint density at radius 1 is 1.23 bits per heavy atom. The Balaban J connectivity index is 1.65. The minimum atomic E-state index is -3.47. The molecule has 1 aromatic carbocycles. The third kappa shape index (κ3) is 3.13. The van der Waals surface area contributed by atoms with Crippen LogP contribution in [0, 0.1) is 0 Å². The van der Waals surface area contributed by atoms with E-state index in [-0.39, 0.29) is 16.6 Å². The van der Waals surface area contributed by atoms with E-state index in [1.807, 2.05) is 18.2 Å². The number of hydrogen-bond acceptors (Lipinski definition) is 5. The molecule has 132 valence electrons. The van der Waals surface area contributed by atoms with Crippen molar-refractivity contribution in [3.63, 3.8) is 0 Å². The number of nitrogens with one attached hydrogen (secondary N) is 1. The first-order valence-electron chi connectivity index (χ1n) is 7.77. The highest BCUT2D eigenvalue weighted by Crippen LogP contribution is 2.43. The van der Waals surface area contributed by atoms with E-state index in [0.717, 1.165) is 10.6 Å². The van der Waals surface area contributed by atoms with Crippen molar-refractivity contribution in [3.8, 4) is 10.4 Å². The fraction of sp³-hybridized carbons (Fsp3) is 0.111. The number of nitrogens with zero attached hydrogens (tertiary/aromatic N) is 1. The van der Waals surface area contributed by atoms with Gasteiger partial charge in [0.2, 0.25) is 0 Å². The first kappa shape index (κ1) is 17.2. The Morgan fingerprint density at radius 2 is 2.08 bits per heavy atom. The predicted octanol–water partition coefficient (Wildman–Crippen LogP) is 3.68. The van der Waals surface area contributed by atoms with Crippen LogP contribution in [0.1, 0.15) is 20.9 Å². The van der Waals surface area contributed by atoms with Crippen LogP contribution in [0.3, 0.4) is 0 Å². The maximum atomic E-state index is 12.5. The molecule has 0 spiro atoms. The Labute approximate surface area is 159 Å². The molecule has 0 bridgehead atoms. The molecule has 1 aliphatic rings. The van der Waals surface area contributed by atoms with Gasteiger partial charge in [0.1, 0.15) is 0 Å². The number of sulfone groups is 1. The number of hydrogen-bond donors (Lipinski definition) is 1. The molecular weight excluding hydrogens is 392 g/mol. The second-order valence-corrected chi connectivity index (χ2v) is 9.31.